The van der Waals surface area contributed by atoms with E-state index in [1.54, 1.807) is 18.2 Å². The van der Waals surface area contributed by atoms with Gasteiger partial charge in [-0.1, -0.05) is 37.5 Å². The van der Waals surface area contributed by atoms with Gasteiger partial charge in [0.1, 0.15) is 18.2 Å². The first kappa shape index (κ1) is 20.3. The van der Waals surface area contributed by atoms with E-state index in [0.717, 1.165) is 25.0 Å². The van der Waals surface area contributed by atoms with Gasteiger partial charge in [0, 0.05) is 17.9 Å². The van der Waals surface area contributed by atoms with E-state index in [2.05, 4.69) is 5.32 Å². The molecule has 1 fully saturated rings. The summed E-state index contributed by atoms with van der Waals surface area (Å²) in [5, 5.41) is 3.00. The van der Waals surface area contributed by atoms with E-state index in [1.165, 1.54) is 6.07 Å². The molecule has 3 rings (SSSR count). The van der Waals surface area contributed by atoms with Crippen LogP contribution in [0.4, 0.5) is 10.1 Å². The Morgan fingerprint density at radius 2 is 1.75 bits per heavy atom. The molecule has 0 bridgehead atoms. The molecule has 0 aliphatic heterocycles. The minimum Gasteiger partial charge on any atom is -0.491 e. The molecule has 0 aromatic heterocycles. The van der Waals surface area contributed by atoms with E-state index in [-0.39, 0.29) is 11.7 Å². The van der Waals surface area contributed by atoms with Gasteiger partial charge in [0.05, 0.1) is 12.0 Å². The van der Waals surface area contributed by atoms with Crippen molar-refractivity contribution in [2.45, 2.75) is 44.4 Å². The van der Waals surface area contributed by atoms with E-state index >= 15 is 0 Å². The normalized spacial score (nSPS) is 15.8. The van der Waals surface area contributed by atoms with E-state index in [4.69, 9.17) is 9.47 Å². The molecule has 0 saturated heterocycles. The molecule has 4 nitrogen and oxygen atoms in total. The van der Waals surface area contributed by atoms with Gasteiger partial charge in [0.25, 0.3) is 0 Å². The van der Waals surface area contributed by atoms with Gasteiger partial charge in [-0.3, -0.25) is 4.79 Å². The number of halogens is 1. The summed E-state index contributed by atoms with van der Waals surface area (Å²) in [5.41, 5.74) is 0.377. The predicted molar refractivity (Wildman–Crippen MR) is 108 cm³/mol. The van der Waals surface area contributed by atoms with Gasteiger partial charge in [-0.05, 0) is 50.1 Å². The summed E-state index contributed by atoms with van der Waals surface area (Å²) in [6.07, 6.45) is 4.26. The fraction of sp³-hybridized carbons (Fsp3) is 0.435. The number of ether oxygens (including phenoxy) is 2. The van der Waals surface area contributed by atoms with Gasteiger partial charge in [-0.2, -0.15) is 0 Å². The number of hydrogen-bond donors (Lipinski definition) is 1. The summed E-state index contributed by atoms with van der Waals surface area (Å²) in [6.45, 7) is 3.63. The highest BCUT2D eigenvalue weighted by Crippen LogP contribution is 2.41. The number of nitrogens with one attached hydrogen (secondary N) is 1. The first-order valence-electron chi connectivity index (χ1n) is 10.0. The lowest BCUT2D eigenvalue weighted by Gasteiger charge is -2.36. The second kappa shape index (κ2) is 9.69. The van der Waals surface area contributed by atoms with Crippen molar-refractivity contribution in [1.82, 2.24) is 0 Å². The van der Waals surface area contributed by atoms with E-state index in [0.29, 0.717) is 43.9 Å². The van der Waals surface area contributed by atoms with E-state index in [9.17, 15) is 9.18 Å². The number of carbonyl (C=O) groups excluding carboxylic acids is 1. The molecule has 150 valence electrons. The van der Waals surface area contributed by atoms with Crippen LogP contribution >= 0.6 is 0 Å². The highest BCUT2D eigenvalue weighted by atomic mass is 19.1. The molecule has 1 aliphatic rings. The molecule has 1 amide bonds. The standard InChI is InChI=1S/C23H28FNO3/c1-2-27-16-17-28-19-12-10-18(11-13-19)25-22(26)23(14-6-3-7-15-23)20-8-4-5-9-21(20)24/h4-5,8-13H,2-3,6-7,14-17H2,1H3,(H,25,26). The summed E-state index contributed by atoms with van der Waals surface area (Å²) in [6, 6.07) is 13.9. The molecule has 0 unspecified atom stereocenters. The Morgan fingerprint density at radius 3 is 2.43 bits per heavy atom. The van der Waals surface area contributed by atoms with Crippen LogP contribution in [0.25, 0.3) is 0 Å². The summed E-state index contributed by atoms with van der Waals surface area (Å²) in [7, 11) is 0. The smallest absolute Gasteiger partial charge is 0.235 e. The van der Waals surface area contributed by atoms with Crippen molar-refractivity contribution in [3.63, 3.8) is 0 Å². The molecule has 5 heteroatoms. The number of rotatable bonds is 8. The monoisotopic (exact) mass is 385 g/mol. The number of amides is 1. The van der Waals surface area contributed by atoms with Gasteiger partial charge >= 0.3 is 0 Å². The summed E-state index contributed by atoms with van der Waals surface area (Å²) in [4.78, 5) is 13.2. The van der Waals surface area contributed by atoms with Crippen LogP contribution in [0.3, 0.4) is 0 Å². The van der Waals surface area contributed by atoms with Crippen molar-refractivity contribution in [2.75, 3.05) is 25.1 Å². The minimum absolute atomic E-state index is 0.137. The Labute approximate surface area is 166 Å². The lowest BCUT2D eigenvalue weighted by Crippen LogP contribution is -2.42. The number of benzene rings is 2. The molecule has 28 heavy (non-hydrogen) atoms. The van der Waals surface area contributed by atoms with Gasteiger partial charge in [0.2, 0.25) is 5.91 Å². The van der Waals surface area contributed by atoms with Crippen molar-refractivity contribution in [1.29, 1.82) is 0 Å². The maximum atomic E-state index is 14.5. The second-order valence-electron chi connectivity index (χ2n) is 7.15. The van der Waals surface area contributed by atoms with Crippen molar-refractivity contribution in [3.8, 4) is 5.75 Å². The molecule has 0 radical (unpaired) electrons. The van der Waals surface area contributed by atoms with Gasteiger partial charge in [0.15, 0.2) is 0 Å². The van der Waals surface area contributed by atoms with Crippen molar-refractivity contribution < 1.29 is 18.7 Å². The zero-order valence-electron chi connectivity index (χ0n) is 16.4. The molecular weight excluding hydrogens is 357 g/mol. The highest BCUT2D eigenvalue weighted by Gasteiger charge is 2.42. The largest absolute Gasteiger partial charge is 0.491 e. The van der Waals surface area contributed by atoms with E-state index in [1.807, 2.05) is 31.2 Å². The highest BCUT2D eigenvalue weighted by molar-refractivity contribution is 5.99. The third-order valence-electron chi connectivity index (χ3n) is 5.34. The molecule has 0 atom stereocenters. The van der Waals surface area contributed by atoms with Crippen LogP contribution in [0.1, 0.15) is 44.6 Å². The van der Waals surface area contributed by atoms with Crippen molar-refractivity contribution in [2.24, 2.45) is 0 Å². The Morgan fingerprint density at radius 1 is 1.04 bits per heavy atom. The fourth-order valence-corrected chi connectivity index (χ4v) is 3.87. The van der Waals surface area contributed by atoms with Gasteiger partial charge in [-0.25, -0.2) is 4.39 Å². The SMILES string of the molecule is CCOCCOc1ccc(NC(=O)C2(c3ccccc3F)CCCCC2)cc1. The van der Waals surface area contributed by atoms with Crippen LogP contribution in [-0.4, -0.2) is 25.7 Å². The van der Waals surface area contributed by atoms with Gasteiger partial charge in [-0.15, -0.1) is 0 Å². The third-order valence-corrected chi connectivity index (χ3v) is 5.34. The molecule has 2 aromatic rings. The van der Waals surface area contributed by atoms with Crippen molar-refractivity contribution >= 4 is 11.6 Å². The van der Waals surface area contributed by atoms with Crippen LogP contribution in [0, 0.1) is 5.82 Å². The summed E-state index contributed by atoms with van der Waals surface area (Å²) < 4.78 is 25.4. The van der Waals surface area contributed by atoms with Crippen LogP contribution in [-0.2, 0) is 14.9 Å². The molecule has 1 saturated carbocycles. The molecule has 1 aliphatic carbocycles. The second-order valence-corrected chi connectivity index (χ2v) is 7.15. The Hall–Kier alpha value is -2.40. The number of hydrogen-bond acceptors (Lipinski definition) is 3. The van der Waals surface area contributed by atoms with Crippen LogP contribution in [0.2, 0.25) is 0 Å². The predicted octanol–water partition coefficient (Wildman–Crippen LogP) is 5.08. The molecule has 0 spiro atoms. The minimum atomic E-state index is -0.809. The number of carbonyl (C=O) groups is 1. The zero-order valence-corrected chi connectivity index (χ0v) is 16.4. The topological polar surface area (TPSA) is 47.6 Å². The molecule has 0 heterocycles. The molecule has 2 aromatic carbocycles. The first-order chi connectivity index (χ1) is 13.7. The Kier molecular flexibility index (Phi) is 7.04. The summed E-state index contributed by atoms with van der Waals surface area (Å²) in [5.74, 6) is 0.277. The zero-order chi connectivity index (χ0) is 19.8. The average molecular weight is 385 g/mol. The Bertz CT molecular complexity index is 770. The third kappa shape index (κ3) is 4.71. The Balaban J connectivity index is 1.71. The fourth-order valence-electron chi connectivity index (χ4n) is 3.87. The summed E-state index contributed by atoms with van der Waals surface area (Å²) >= 11 is 0. The van der Waals surface area contributed by atoms with Gasteiger partial charge < -0.3 is 14.8 Å². The maximum absolute atomic E-state index is 14.5. The quantitative estimate of drug-likeness (QED) is 0.645. The van der Waals surface area contributed by atoms with Crippen LogP contribution in [0.15, 0.2) is 48.5 Å². The maximum Gasteiger partial charge on any atom is 0.235 e. The van der Waals surface area contributed by atoms with Crippen molar-refractivity contribution in [3.05, 3.63) is 59.9 Å². The lowest BCUT2D eigenvalue weighted by molar-refractivity contribution is -0.122. The van der Waals surface area contributed by atoms with Crippen LogP contribution < -0.4 is 10.1 Å². The van der Waals surface area contributed by atoms with E-state index < -0.39 is 5.41 Å². The lowest BCUT2D eigenvalue weighted by atomic mass is 9.68. The average Bonchev–Trinajstić information content (AvgIpc) is 2.73. The van der Waals surface area contributed by atoms with Crippen LogP contribution in [0.5, 0.6) is 5.75 Å². The number of anilines is 1. The molecule has 1 N–H and O–H groups in total. The first-order valence-corrected chi connectivity index (χ1v) is 10.0. The molecular formula is C23H28FNO3.